The molecule has 0 aromatic heterocycles. The normalized spacial score (nSPS) is 28.2. The van der Waals surface area contributed by atoms with Crippen molar-refractivity contribution in [1.29, 1.82) is 0 Å². The van der Waals surface area contributed by atoms with Gasteiger partial charge in [-0.3, -0.25) is 4.79 Å². The molecule has 0 spiro atoms. The van der Waals surface area contributed by atoms with Crippen molar-refractivity contribution in [2.45, 2.75) is 324 Å². The second-order valence-corrected chi connectivity index (χ2v) is 24.9. The second kappa shape index (κ2) is 54.5. The Bertz CT molecular complexity index is 2110. The van der Waals surface area contributed by atoms with Crippen LogP contribution in [0.1, 0.15) is 219 Å². The lowest BCUT2D eigenvalue weighted by molar-refractivity contribution is -0.379. The molecular weight excluding hydrogens is 1190 g/mol. The predicted octanol–water partition coefficient (Wildman–Crippen LogP) is 9.83. The summed E-state index contributed by atoms with van der Waals surface area (Å²) in [5.74, 6) is -0.302. The molecule has 0 aromatic carbocycles. The maximum atomic E-state index is 13.4. The summed E-state index contributed by atoms with van der Waals surface area (Å²) in [6, 6.07) is -1.01. The highest BCUT2D eigenvalue weighted by molar-refractivity contribution is 5.76. The van der Waals surface area contributed by atoms with Gasteiger partial charge in [-0.1, -0.05) is 226 Å². The van der Waals surface area contributed by atoms with E-state index in [1.807, 2.05) is 6.08 Å². The van der Waals surface area contributed by atoms with E-state index in [1.54, 1.807) is 6.08 Å². The summed E-state index contributed by atoms with van der Waals surface area (Å²) in [7, 11) is 0. The number of allylic oxidation sites excluding steroid dienone is 17. The monoisotopic (exact) mass is 1320 g/mol. The lowest BCUT2D eigenvalue weighted by Gasteiger charge is -2.48. The summed E-state index contributed by atoms with van der Waals surface area (Å²) in [6.07, 6.45) is 46.3. The first kappa shape index (κ1) is 83.7. The highest BCUT2D eigenvalue weighted by Gasteiger charge is 2.53. The quantitative estimate of drug-likeness (QED) is 0.0199. The van der Waals surface area contributed by atoms with Gasteiger partial charge in [0.05, 0.1) is 38.6 Å². The Balaban J connectivity index is 1.45. The maximum absolute atomic E-state index is 13.4. The van der Waals surface area contributed by atoms with Gasteiger partial charge in [-0.2, -0.15) is 0 Å². The molecule has 0 aliphatic carbocycles. The average Bonchev–Trinajstić information content (AvgIpc) is 0.902. The molecule has 17 unspecified atom stereocenters. The Morgan fingerprint density at radius 1 is 0.398 bits per heavy atom. The van der Waals surface area contributed by atoms with Crippen molar-refractivity contribution in [3.05, 3.63) is 109 Å². The number of aliphatic hydroxyl groups excluding tert-OH is 11. The van der Waals surface area contributed by atoms with Crippen molar-refractivity contribution in [2.24, 2.45) is 0 Å². The molecule has 17 atom stereocenters. The largest absolute Gasteiger partial charge is 0.394 e. The number of unbranched alkanes of at least 4 members (excludes halogenated alkanes) is 21. The molecule has 0 bridgehead atoms. The minimum atomic E-state index is -1.99. The number of amides is 1. The van der Waals surface area contributed by atoms with E-state index in [0.717, 1.165) is 109 Å². The van der Waals surface area contributed by atoms with Crippen molar-refractivity contribution in [1.82, 2.24) is 5.32 Å². The Morgan fingerprint density at radius 3 is 1.20 bits per heavy atom. The number of aliphatic hydroxyl groups is 11. The van der Waals surface area contributed by atoms with Crippen LogP contribution in [0.4, 0.5) is 0 Å². The van der Waals surface area contributed by atoms with Gasteiger partial charge in [-0.05, 0) is 96.3 Å². The number of carbonyl (C=O) groups excluding carboxylic acids is 1. The van der Waals surface area contributed by atoms with Crippen LogP contribution in [0.15, 0.2) is 109 Å². The topological polar surface area (TPSA) is 307 Å². The highest BCUT2D eigenvalue weighted by Crippen LogP contribution is 2.33. The van der Waals surface area contributed by atoms with Gasteiger partial charge >= 0.3 is 0 Å². The predicted molar refractivity (Wildman–Crippen MR) is 364 cm³/mol. The Labute approximate surface area is 557 Å². The van der Waals surface area contributed by atoms with Gasteiger partial charge in [0.2, 0.25) is 5.91 Å². The van der Waals surface area contributed by atoms with E-state index in [9.17, 15) is 61.0 Å². The van der Waals surface area contributed by atoms with Crippen LogP contribution >= 0.6 is 0 Å². The third-order valence-corrected chi connectivity index (χ3v) is 17.0. The smallest absolute Gasteiger partial charge is 0.220 e. The van der Waals surface area contributed by atoms with Gasteiger partial charge in [0.25, 0.3) is 0 Å². The summed E-state index contributed by atoms with van der Waals surface area (Å²) >= 11 is 0. The van der Waals surface area contributed by atoms with E-state index < -0.39 is 124 Å². The molecule has 0 saturated carbocycles. The molecule has 12 N–H and O–H groups in total. The highest BCUT2D eigenvalue weighted by atomic mass is 16.8. The Morgan fingerprint density at radius 2 is 0.753 bits per heavy atom. The van der Waals surface area contributed by atoms with Crippen LogP contribution in [0.5, 0.6) is 0 Å². The van der Waals surface area contributed by atoms with E-state index in [0.29, 0.717) is 12.8 Å². The van der Waals surface area contributed by atoms with Crippen LogP contribution in [0, 0.1) is 0 Å². The van der Waals surface area contributed by atoms with Crippen LogP contribution < -0.4 is 5.32 Å². The van der Waals surface area contributed by atoms with Gasteiger partial charge in [-0.15, -0.1) is 0 Å². The molecule has 3 aliphatic rings. The Hall–Kier alpha value is -3.55. The molecule has 3 fully saturated rings. The molecule has 534 valence electrons. The Kier molecular flexibility index (Phi) is 49.0. The van der Waals surface area contributed by atoms with E-state index >= 15 is 0 Å². The number of ether oxygens (including phenoxy) is 6. The van der Waals surface area contributed by atoms with Gasteiger partial charge in [0.15, 0.2) is 18.9 Å². The van der Waals surface area contributed by atoms with Crippen LogP contribution in [-0.2, 0) is 33.2 Å². The third kappa shape index (κ3) is 36.0. The minimum Gasteiger partial charge on any atom is -0.394 e. The molecule has 19 nitrogen and oxygen atoms in total. The van der Waals surface area contributed by atoms with Crippen LogP contribution in [0.2, 0.25) is 0 Å². The number of hydrogen-bond donors (Lipinski definition) is 12. The fourth-order valence-electron chi connectivity index (χ4n) is 11.3. The van der Waals surface area contributed by atoms with Crippen LogP contribution in [0.25, 0.3) is 0 Å². The number of rotatable bonds is 53. The first-order valence-corrected chi connectivity index (χ1v) is 35.6. The summed E-state index contributed by atoms with van der Waals surface area (Å²) in [4.78, 5) is 13.4. The van der Waals surface area contributed by atoms with Gasteiger partial charge in [0, 0.05) is 6.42 Å². The van der Waals surface area contributed by atoms with Gasteiger partial charge in [-0.25, -0.2) is 0 Å². The van der Waals surface area contributed by atoms with E-state index in [-0.39, 0.29) is 18.9 Å². The lowest BCUT2D eigenvalue weighted by atomic mass is 9.96. The van der Waals surface area contributed by atoms with Crippen LogP contribution in [0.3, 0.4) is 0 Å². The molecule has 3 aliphatic heterocycles. The van der Waals surface area contributed by atoms with Gasteiger partial charge < -0.3 is 89.9 Å². The average molecular weight is 1320 g/mol. The number of carbonyl (C=O) groups is 1. The SMILES string of the molecule is CC/C=C\C/C=C\C/C=C\C/C=C\C/C=C\C/C=C\CCCCCCCCCCC(=O)NC(COC1OC(CO)C(OC2OC(CO)C(OC3OC(CO)C(O)C(O)C3O)C(O)C2O)C(O)C1O)C(O)/C=C/CC/C=C/CC/C=C/CCCCCCCCCCCCC. The first-order chi connectivity index (χ1) is 45.3. The number of hydrogen-bond acceptors (Lipinski definition) is 18. The summed E-state index contributed by atoms with van der Waals surface area (Å²) in [5, 5.41) is 121. The second-order valence-electron chi connectivity index (χ2n) is 24.9. The zero-order chi connectivity index (χ0) is 67.5. The molecule has 1 amide bonds. The standard InChI is InChI=1S/C74H125NO18/c1-3-5-7-9-11-13-15-17-19-21-23-25-26-27-28-29-30-32-34-36-38-40-42-44-46-48-50-52-62(80)75-57(58(79)51-49-47-45-43-41-39-37-35-33-31-24-22-20-18-16-14-12-10-8-6-4-2)56-88-72-68(86)65(83)70(60(54-77)90-72)93-74-69(87)66(84)71(61(55-78)91-74)92-73-67(85)64(82)63(81)59(53-76)89-73/h5,7,11,13,17,19,23,25,27-28,30,32-33,35,41,43,49,51,57-61,63-74,76-79,81-87H,3-4,6,8-10,12,14-16,18,20-22,24,26,29,31,34,36-40,42,44-48,50,52-56H2,1-2H3,(H,75,80)/b7-5-,13-11-,19-17-,25-23-,28-27-,32-30-,35-33+,43-41+,51-49+. The van der Waals surface area contributed by atoms with Crippen molar-refractivity contribution in [3.8, 4) is 0 Å². The molecule has 3 rings (SSSR count). The number of nitrogens with one attached hydrogen (secondary N) is 1. The lowest BCUT2D eigenvalue weighted by Crippen LogP contribution is -2.66. The fourth-order valence-corrected chi connectivity index (χ4v) is 11.3. The molecule has 0 aromatic rings. The molecule has 0 radical (unpaired) electrons. The van der Waals surface area contributed by atoms with E-state index in [2.05, 4.69) is 116 Å². The van der Waals surface area contributed by atoms with Crippen molar-refractivity contribution >= 4 is 5.91 Å². The van der Waals surface area contributed by atoms with Crippen LogP contribution in [-0.4, -0.2) is 193 Å². The fraction of sp³-hybridized carbons (Fsp3) is 0.743. The van der Waals surface area contributed by atoms with Crippen molar-refractivity contribution < 1.29 is 89.4 Å². The summed E-state index contributed by atoms with van der Waals surface area (Å²) in [6.45, 7) is 1.58. The molecular formula is C74H125NO18. The van der Waals surface area contributed by atoms with E-state index in [4.69, 9.17) is 28.4 Å². The molecule has 19 heteroatoms. The van der Waals surface area contributed by atoms with Crippen molar-refractivity contribution in [2.75, 3.05) is 26.4 Å². The third-order valence-electron chi connectivity index (χ3n) is 17.0. The molecule has 3 heterocycles. The minimum absolute atomic E-state index is 0.215. The maximum Gasteiger partial charge on any atom is 0.220 e. The summed E-state index contributed by atoms with van der Waals surface area (Å²) in [5.41, 5.74) is 0. The zero-order valence-corrected chi connectivity index (χ0v) is 56.4. The molecule has 3 saturated heterocycles. The summed E-state index contributed by atoms with van der Waals surface area (Å²) < 4.78 is 34.3. The van der Waals surface area contributed by atoms with Gasteiger partial charge in [0.1, 0.15) is 73.2 Å². The molecule has 93 heavy (non-hydrogen) atoms. The first-order valence-electron chi connectivity index (χ1n) is 35.6. The zero-order valence-electron chi connectivity index (χ0n) is 56.4. The van der Waals surface area contributed by atoms with Crippen molar-refractivity contribution in [3.63, 3.8) is 0 Å². The van der Waals surface area contributed by atoms with E-state index in [1.165, 1.54) is 77.0 Å².